The van der Waals surface area contributed by atoms with Crippen LogP contribution in [0.3, 0.4) is 0 Å². The van der Waals surface area contributed by atoms with Crippen molar-refractivity contribution in [2.24, 2.45) is 0 Å². The molecule has 3 rings (SSSR count). The molecule has 1 saturated heterocycles. The predicted molar refractivity (Wildman–Crippen MR) is 80.5 cm³/mol. The van der Waals surface area contributed by atoms with Gasteiger partial charge in [0.15, 0.2) is 0 Å². The van der Waals surface area contributed by atoms with Gasteiger partial charge in [-0.1, -0.05) is 30.5 Å². The highest BCUT2D eigenvalue weighted by molar-refractivity contribution is 6.30. The molecule has 2 nitrogen and oxygen atoms in total. The maximum Gasteiger partial charge on any atom is 0.142 e. The molecule has 1 saturated carbocycles. The van der Waals surface area contributed by atoms with E-state index < -0.39 is 0 Å². The van der Waals surface area contributed by atoms with Gasteiger partial charge >= 0.3 is 0 Å². The Morgan fingerprint density at radius 1 is 1.25 bits per heavy atom. The van der Waals surface area contributed by atoms with Gasteiger partial charge in [0.1, 0.15) is 5.82 Å². The number of nitrogens with zero attached hydrogens (tertiary/aromatic N) is 1. The van der Waals surface area contributed by atoms with Gasteiger partial charge in [-0.2, -0.15) is 0 Å². The molecule has 1 spiro atoms. The van der Waals surface area contributed by atoms with E-state index in [4.69, 9.17) is 11.6 Å². The van der Waals surface area contributed by atoms with Crippen molar-refractivity contribution in [2.75, 3.05) is 19.6 Å². The summed E-state index contributed by atoms with van der Waals surface area (Å²) in [6.07, 6.45) is 6.38. The Labute approximate surface area is 125 Å². The second kappa shape index (κ2) is 6.00. The summed E-state index contributed by atoms with van der Waals surface area (Å²) in [7, 11) is 0. The zero-order valence-electron chi connectivity index (χ0n) is 11.8. The summed E-state index contributed by atoms with van der Waals surface area (Å²) in [5, 5.41) is 3.96. The lowest BCUT2D eigenvalue weighted by Gasteiger charge is -2.33. The molecular formula is C16H22ClFN2. The molecule has 1 aliphatic heterocycles. The van der Waals surface area contributed by atoms with Crippen LogP contribution in [0.2, 0.25) is 5.02 Å². The Balaban J connectivity index is 1.70. The van der Waals surface area contributed by atoms with E-state index in [9.17, 15) is 4.39 Å². The highest BCUT2D eigenvalue weighted by Gasteiger charge is 2.36. The number of hydrogen-bond donors (Lipinski definition) is 1. The van der Waals surface area contributed by atoms with E-state index in [1.807, 2.05) is 6.07 Å². The molecule has 1 aromatic rings. The molecule has 20 heavy (non-hydrogen) atoms. The minimum absolute atomic E-state index is 0.207. The highest BCUT2D eigenvalue weighted by atomic mass is 35.5. The lowest BCUT2D eigenvalue weighted by Crippen LogP contribution is -2.49. The third-order valence-corrected chi connectivity index (χ3v) is 4.93. The van der Waals surface area contributed by atoms with E-state index in [0.29, 0.717) is 5.54 Å². The fourth-order valence-corrected chi connectivity index (χ4v) is 3.75. The zero-order valence-corrected chi connectivity index (χ0v) is 12.6. The van der Waals surface area contributed by atoms with Crippen LogP contribution in [0.1, 0.15) is 37.7 Å². The molecule has 1 N–H and O–H groups in total. The summed E-state index contributed by atoms with van der Waals surface area (Å²) in [6, 6.07) is 5.17. The lowest BCUT2D eigenvalue weighted by molar-refractivity contribution is 0.203. The van der Waals surface area contributed by atoms with Crippen molar-refractivity contribution in [1.82, 2.24) is 10.2 Å². The van der Waals surface area contributed by atoms with Gasteiger partial charge in [0, 0.05) is 18.6 Å². The van der Waals surface area contributed by atoms with Gasteiger partial charge in [-0.05, 0) is 50.0 Å². The van der Waals surface area contributed by atoms with E-state index in [1.54, 1.807) is 12.1 Å². The van der Waals surface area contributed by atoms with Crippen LogP contribution in [0, 0.1) is 5.82 Å². The second-order valence-corrected chi connectivity index (χ2v) is 6.63. The maximum atomic E-state index is 13.5. The van der Waals surface area contributed by atoms with Crippen LogP contribution < -0.4 is 5.32 Å². The third kappa shape index (κ3) is 3.16. The van der Waals surface area contributed by atoms with Crippen molar-refractivity contribution in [3.8, 4) is 0 Å². The van der Waals surface area contributed by atoms with Gasteiger partial charge in [0.05, 0.1) is 5.02 Å². The predicted octanol–water partition coefficient (Wildman–Crippen LogP) is 3.59. The summed E-state index contributed by atoms with van der Waals surface area (Å²) < 4.78 is 13.5. The standard InChI is InChI=1S/C16H22ClFN2/c17-14-5-4-13(10-15(14)18)11-20-9-3-8-19-16(12-20)6-1-2-7-16/h4-5,10,19H,1-3,6-9,11-12H2. The first-order valence-corrected chi connectivity index (χ1v) is 7.96. The molecule has 1 aromatic carbocycles. The van der Waals surface area contributed by atoms with Gasteiger partial charge in [-0.15, -0.1) is 0 Å². The number of rotatable bonds is 2. The monoisotopic (exact) mass is 296 g/mol. The van der Waals surface area contributed by atoms with Crippen molar-refractivity contribution in [1.29, 1.82) is 0 Å². The summed E-state index contributed by atoms with van der Waals surface area (Å²) in [5.41, 5.74) is 1.32. The molecule has 0 amide bonds. The molecule has 4 heteroatoms. The summed E-state index contributed by atoms with van der Waals surface area (Å²) in [5.74, 6) is -0.312. The second-order valence-electron chi connectivity index (χ2n) is 6.23. The van der Waals surface area contributed by atoms with Crippen molar-refractivity contribution in [3.63, 3.8) is 0 Å². The number of benzene rings is 1. The Bertz CT molecular complexity index is 472. The lowest BCUT2D eigenvalue weighted by atomic mass is 9.97. The summed E-state index contributed by atoms with van der Waals surface area (Å²) in [4.78, 5) is 2.47. The van der Waals surface area contributed by atoms with Crippen LogP contribution in [0.15, 0.2) is 18.2 Å². The summed E-state index contributed by atoms with van der Waals surface area (Å²) in [6.45, 7) is 4.08. The van der Waals surface area contributed by atoms with Gasteiger partial charge in [-0.3, -0.25) is 4.90 Å². The smallest absolute Gasteiger partial charge is 0.142 e. The van der Waals surface area contributed by atoms with E-state index in [-0.39, 0.29) is 10.8 Å². The molecule has 1 aliphatic carbocycles. The van der Waals surface area contributed by atoms with Crippen LogP contribution in [0.4, 0.5) is 4.39 Å². The Morgan fingerprint density at radius 3 is 2.80 bits per heavy atom. The first-order valence-electron chi connectivity index (χ1n) is 7.58. The Morgan fingerprint density at radius 2 is 2.05 bits per heavy atom. The molecule has 2 aliphatic rings. The van der Waals surface area contributed by atoms with Crippen molar-refractivity contribution in [2.45, 2.75) is 44.2 Å². The zero-order chi connectivity index (χ0) is 14.0. The van der Waals surface area contributed by atoms with E-state index in [2.05, 4.69) is 10.2 Å². The normalized spacial score (nSPS) is 23.1. The number of hydrogen-bond acceptors (Lipinski definition) is 2. The van der Waals surface area contributed by atoms with Crippen molar-refractivity contribution < 1.29 is 4.39 Å². The van der Waals surface area contributed by atoms with Crippen LogP contribution in [-0.4, -0.2) is 30.1 Å². The van der Waals surface area contributed by atoms with E-state index >= 15 is 0 Å². The Kier molecular flexibility index (Phi) is 4.29. The van der Waals surface area contributed by atoms with Crippen LogP contribution in [-0.2, 0) is 6.54 Å². The average molecular weight is 297 g/mol. The largest absolute Gasteiger partial charge is 0.310 e. The van der Waals surface area contributed by atoms with Crippen LogP contribution >= 0.6 is 11.6 Å². The number of halogens is 2. The third-order valence-electron chi connectivity index (χ3n) is 4.63. The van der Waals surface area contributed by atoms with Gasteiger partial charge in [0.25, 0.3) is 0 Å². The fraction of sp³-hybridized carbons (Fsp3) is 0.625. The fourth-order valence-electron chi connectivity index (χ4n) is 3.64. The Hall–Kier alpha value is -0.640. The van der Waals surface area contributed by atoms with Crippen LogP contribution in [0.5, 0.6) is 0 Å². The molecule has 2 fully saturated rings. The van der Waals surface area contributed by atoms with Crippen molar-refractivity contribution in [3.05, 3.63) is 34.6 Å². The first kappa shape index (κ1) is 14.3. The van der Waals surface area contributed by atoms with Gasteiger partial charge in [0.2, 0.25) is 0 Å². The molecule has 1 heterocycles. The maximum absolute atomic E-state index is 13.5. The van der Waals surface area contributed by atoms with E-state index in [0.717, 1.165) is 38.2 Å². The highest BCUT2D eigenvalue weighted by Crippen LogP contribution is 2.32. The first-order chi connectivity index (χ1) is 9.67. The molecule has 0 bridgehead atoms. The SMILES string of the molecule is Fc1cc(CN2CCCNC3(CCCC3)C2)ccc1Cl. The quantitative estimate of drug-likeness (QED) is 0.897. The topological polar surface area (TPSA) is 15.3 Å². The molecule has 0 unspecified atom stereocenters. The van der Waals surface area contributed by atoms with E-state index in [1.165, 1.54) is 25.7 Å². The summed E-state index contributed by atoms with van der Waals surface area (Å²) >= 11 is 5.75. The van der Waals surface area contributed by atoms with Crippen LogP contribution in [0.25, 0.3) is 0 Å². The van der Waals surface area contributed by atoms with Crippen molar-refractivity contribution >= 4 is 11.6 Å². The molecular weight excluding hydrogens is 275 g/mol. The minimum Gasteiger partial charge on any atom is -0.310 e. The average Bonchev–Trinajstić information content (AvgIpc) is 2.77. The van der Waals surface area contributed by atoms with Gasteiger partial charge in [-0.25, -0.2) is 4.39 Å². The molecule has 0 atom stereocenters. The molecule has 0 radical (unpaired) electrons. The number of nitrogens with one attached hydrogen (secondary N) is 1. The molecule has 110 valence electrons. The molecule has 0 aromatic heterocycles. The van der Waals surface area contributed by atoms with Gasteiger partial charge < -0.3 is 5.32 Å². The minimum atomic E-state index is -0.312.